The molecule has 0 spiro atoms. The maximum Gasteiger partial charge on any atom is 0.247 e. The second-order valence-electron chi connectivity index (χ2n) is 8.53. The third-order valence-corrected chi connectivity index (χ3v) is 6.22. The van der Waals surface area contributed by atoms with Crippen LogP contribution >= 0.6 is 0 Å². The molecule has 0 aromatic heterocycles. The van der Waals surface area contributed by atoms with Gasteiger partial charge in [-0.3, -0.25) is 4.79 Å². The summed E-state index contributed by atoms with van der Waals surface area (Å²) in [6.45, 7) is 1.29. The fourth-order valence-electron chi connectivity index (χ4n) is 4.07. The number of rotatable bonds is 6. The summed E-state index contributed by atoms with van der Waals surface area (Å²) in [5, 5.41) is 42.1. The number of hydrogen-bond acceptors (Lipinski definition) is 8. The van der Waals surface area contributed by atoms with Crippen LogP contribution in [0.5, 0.6) is 5.75 Å². The van der Waals surface area contributed by atoms with E-state index in [0.717, 1.165) is 18.2 Å². The average Bonchev–Trinajstić information content (AvgIpc) is 3.37. The molecular formula is C22H24F2N2O7. The van der Waals surface area contributed by atoms with Crippen molar-refractivity contribution in [3.8, 4) is 11.8 Å². The molecule has 2 saturated carbocycles. The van der Waals surface area contributed by atoms with E-state index in [9.17, 15) is 28.9 Å². The average molecular weight is 466 g/mol. The number of aliphatic hydroxyl groups is 3. The van der Waals surface area contributed by atoms with Gasteiger partial charge in [-0.1, -0.05) is 0 Å². The predicted octanol–water partition coefficient (Wildman–Crippen LogP) is 0.229. The van der Waals surface area contributed by atoms with Crippen LogP contribution in [0.3, 0.4) is 0 Å². The van der Waals surface area contributed by atoms with Crippen LogP contribution in [0.15, 0.2) is 17.7 Å². The molecule has 2 aliphatic carbocycles. The Bertz CT molecular complexity index is 998. The Hall–Kier alpha value is -2.62. The zero-order valence-electron chi connectivity index (χ0n) is 17.6. The number of ether oxygens (including phenoxy) is 3. The zero-order valence-corrected chi connectivity index (χ0v) is 17.6. The van der Waals surface area contributed by atoms with Crippen molar-refractivity contribution in [3.05, 3.63) is 34.9 Å². The Balaban J connectivity index is 1.43. The van der Waals surface area contributed by atoms with Crippen LogP contribution in [0.1, 0.15) is 18.9 Å². The fourth-order valence-corrected chi connectivity index (χ4v) is 4.07. The van der Waals surface area contributed by atoms with Crippen molar-refractivity contribution >= 4 is 12.0 Å². The number of carbonyl (C=O) groups is 1. The van der Waals surface area contributed by atoms with Crippen molar-refractivity contribution < 1.29 is 43.1 Å². The number of carbonyl (C=O) groups excluding carboxylic acids is 1. The number of aliphatic hydroxyl groups excluding tert-OH is 3. The number of fused-ring (bicyclic) bond motifs is 1. The highest BCUT2D eigenvalue weighted by atomic mass is 19.1. The molecule has 1 aliphatic heterocycles. The maximum absolute atomic E-state index is 14.5. The molecular weight excluding hydrogens is 442 g/mol. The lowest BCUT2D eigenvalue weighted by atomic mass is 9.83. The minimum absolute atomic E-state index is 0.00320. The van der Waals surface area contributed by atoms with Gasteiger partial charge in [-0.05, 0) is 25.5 Å². The Morgan fingerprint density at radius 3 is 2.58 bits per heavy atom. The van der Waals surface area contributed by atoms with Crippen LogP contribution in [0, 0.1) is 34.8 Å². The van der Waals surface area contributed by atoms with Gasteiger partial charge in [0.15, 0.2) is 11.6 Å². The van der Waals surface area contributed by atoms with Crippen LogP contribution in [0.4, 0.5) is 8.78 Å². The summed E-state index contributed by atoms with van der Waals surface area (Å²) in [5.74, 6) is -2.81. The highest BCUT2D eigenvalue weighted by molar-refractivity contribution is 5.97. The fraction of sp³-hybridized carbons (Fsp3) is 0.545. The van der Waals surface area contributed by atoms with Gasteiger partial charge in [0, 0.05) is 23.1 Å². The molecule has 3 aliphatic rings. The standard InChI is InChI=1S/C22H24F2N2O7/c1-9(22(30)26-16-17(27)19(29)21-20(18(16)28)32-8-33-21)2-10-4-14(24)15(5-13(10)23)31-7-12-3-11(12)6-25/h2,4-5,11-12,16-21,27-29H,3,7-8H2,1H3,(H,26,30)/b9-2+/t11-,12+,16-,17+,18-,19-,20+,21-/m1/s1. The van der Waals surface area contributed by atoms with Gasteiger partial charge < -0.3 is 34.8 Å². The van der Waals surface area contributed by atoms with E-state index in [4.69, 9.17) is 19.5 Å². The van der Waals surface area contributed by atoms with E-state index < -0.39 is 54.1 Å². The Kier molecular flexibility index (Phi) is 6.65. The Morgan fingerprint density at radius 2 is 1.91 bits per heavy atom. The number of halogens is 2. The van der Waals surface area contributed by atoms with E-state index in [0.29, 0.717) is 6.42 Å². The molecule has 1 aromatic rings. The quantitative estimate of drug-likeness (QED) is 0.437. The second kappa shape index (κ2) is 9.32. The van der Waals surface area contributed by atoms with Crippen molar-refractivity contribution in [2.45, 2.75) is 49.9 Å². The number of hydrogen-bond donors (Lipinski definition) is 4. The summed E-state index contributed by atoms with van der Waals surface area (Å²) in [4.78, 5) is 12.6. The molecule has 178 valence electrons. The summed E-state index contributed by atoms with van der Waals surface area (Å²) in [6, 6.07) is 2.58. The summed E-state index contributed by atoms with van der Waals surface area (Å²) in [6.07, 6.45) is -4.37. The van der Waals surface area contributed by atoms with Gasteiger partial charge in [0.2, 0.25) is 5.91 Å². The number of amides is 1. The number of nitrogens with one attached hydrogen (secondary N) is 1. The lowest BCUT2D eigenvalue weighted by molar-refractivity contribution is -0.155. The first kappa shape index (κ1) is 23.5. The minimum Gasteiger partial charge on any atom is -0.490 e. The van der Waals surface area contributed by atoms with Crippen molar-refractivity contribution in [2.75, 3.05) is 13.4 Å². The summed E-state index contributed by atoms with van der Waals surface area (Å²) >= 11 is 0. The molecule has 4 rings (SSSR count). The molecule has 11 heteroatoms. The number of nitrogens with zero attached hydrogens (tertiary/aromatic N) is 1. The maximum atomic E-state index is 14.5. The molecule has 1 amide bonds. The van der Waals surface area contributed by atoms with Gasteiger partial charge in [-0.25, -0.2) is 8.78 Å². The van der Waals surface area contributed by atoms with Gasteiger partial charge in [0.25, 0.3) is 0 Å². The molecule has 33 heavy (non-hydrogen) atoms. The highest BCUT2D eigenvalue weighted by Crippen LogP contribution is 2.38. The monoisotopic (exact) mass is 466 g/mol. The van der Waals surface area contributed by atoms with Gasteiger partial charge >= 0.3 is 0 Å². The molecule has 0 unspecified atom stereocenters. The van der Waals surface area contributed by atoms with Crippen molar-refractivity contribution in [3.63, 3.8) is 0 Å². The first-order valence-electron chi connectivity index (χ1n) is 10.5. The van der Waals surface area contributed by atoms with E-state index in [-0.39, 0.29) is 42.1 Å². The van der Waals surface area contributed by atoms with Crippen LogP contribution in [-0.4, -0.2) is 71.2 Å². The van der Waals surface area contributed by atoms with Gasteiger partial charge in [0.1, 0.15) is 43.1 Å². The van der Waals surface area contributed by atoms with Crippen molar-refractivity contribution in [2.24, 2.45) is 11.8 Å². The molecule has 1 heterocycles. The largest absolute Gasteiger partial charge is 0.490 e. The van der Waals surface area contributed by atoms with Crippen molar-refractivity contribution in [1.82, 2.24) is 5.32 Å². The molecule has 9 nitrogen and oxygen atoms in total. The first-order chi connectivity index (χ1) is 15.7. The third kappa shape index (κ3) is 4.71. The summed E-state index contributed by atoms with van der Waals surface area (Å²) < 4.78 is 44.5. The lowest BCUT2D eigenvalue weighted by Crippen LogP contribution is -2.67. The number of nitriles is 1. The van der Waals surface area contributed by atoms with E-state index >= 15 is 0 Å². The zero-order chi connectivity index (χ0) is 23.9. The normalized spacial score (nSPS) is 35.5. The SMILES string of the molecule is C/C(=C\c1cc(F)c(OC[C@@H]2C[C@@H]2C#N)cc1F)C(=O)N[C@@H]1[C@H](O)[C@@H](O)[C@H]2OCO[C@H]2[C@@H]1O. The molecule has 4 N–H and O–H groups in total. The second-order valence-corrected chi connectivity index (χ2v) is 8.53. The van der Waals surface area contributed by atoms with Crippen LogP contribution < -0.4 is 10.1 Å². The minimum atomic E-state index is -1.53. The smallest absolute Gasteiger partial charge is 0.247 e. The van der Waals surface area contributed by atoms with Crippen molar-refractivity contribution in [1.29, 1.82) is 5.26 Å². The Morgan fingerprint density at radius 1 is 1.21 bits per heavy atom. The topological polar surface area (TPSA) is 141 Å². The van der Waals surface area contributed by atoms with Crippen LogP contribution in [0.2, 0.25) is 0 Å². The molecule has 0 radical (unpaired) electrons. The van der Waals surface area contributed by atoms with E-state index in [2.05, 4.69) is 11.4 Å². The molecule has 1 aromatic carbocycles. The Labute approximate surface area is 188 Å². The van der Waals surface area contributed by atoms with E-state index in [1.54, 1.807) is 0 Å². The van der Waals surface area contributed by atoms with Gasteiger partial charge in [-0.15, -0.1) is 0 Å². The van der Waals surface area contributed by atoms with Gasteiger partial charge in [-0.2, -0.15) is 5.26 Å². The van der Waals surface area contributed by atoms with Gasteiger partial charge in [0.05, 0.1) is 24.6 Å². The summed E-state index contributed by atoms with van der Waals surface area (Å²) in [7, 11) is 0. The lowest BCUT2D eigenvalue weighted by Gasteiger charge is -2.41. The summed E-state index contributed by atoms with van der Waals surface area (Å²) in [5.41, 5.74) is -0.234. The van der Waals surface area contributed by atoms with Crippen LogP contribution in [-0.2, 0) is 14.3 Å². The highest BCUT2D eigenvalue weighted by Gasteiger charge is 2.53. The number of benzene rings is 1. The van der Waals surface area contributed by atoms with Crippen LogP contribution in [0.25, 0.3) is 6.08 Å². The first-order valence-corrected chi connectivity index (χ1v) is 10.5. The predicted molar refractivity (Wildman–Crippen MR) is 107 cm³/mol. The molecule has 0 bridgehead atoms. The molecule has 8 atom stereocenters. The molecule has 3 fully saturated rings. The third-order valence-electron chi connectivity index (χ3n) is 6.22. The van der Waals surface area contributed by atoms with E-state index in [1.165, 1.54) is 6.92 Å². The molecule has 1 saturated heterocycles. The van der Waals surface area contributed by atoms with E-state index in [1.807, 2.05) is 0 Å².